The van der Waals surface area contributed by atoms with E-state index in [0.717, 1.165) is 15.6 Å². The van der Waals surface area contributed by atoms with Gasteiger partial charge in [-0.25, -0.2) is 4.39 Å². The number of halogens is 2. The minimum absolute atomic E-state index is 0.250. The summed E-state index contributed by atoms with van der Waals surface area (Å²) in [6.45, 7) is 1.04. The van der Waals surface area contributed by atoms with Crippen molar-refractivity contribution in [2.75, 3.05) is 7.05 Å². The predicted molar refractivity (Wildman–Crippen MR) is 77.6 cm³/mol. The molecule has 0 spiro atoms. The SMILES string of the molecule is CNCc1cc(F)ccc1OCc1cccc(Br)c1. The molecular weight excluding hydrogens is 309 g/mol. The van der Waals surface area contributed by atoms with Crippen LogP contribution < -0.4 is 10.1 Å². The molecular formula is C15H15BrFNO. The number of ether oxygens (including phenoxy) is 1. The Morgan fingerprint density at radius 1 is 1.21 bits per heavy atom. The van der Waals surface area contributed by atoms with Crippen molar-refractivity contribution in [3.8, 4) is 5.75 Å². The molecule has 0 unspecified atom stereocenters. The Bertz CT molecular complexity index is 560. The molecule has 2 rings (SSSR count). The van der Waals surface area contributed by atoms with Gasteiger partial charge < -0.3 is 10.1 Å². The van der Waals surface area contributed by atoms with Crippen LogP contribution in [0.4, 0.5) is 4.39 Å². The second kappa shape index (κ2) is 6.68. The van der Waals surface area contributed by atoms with Crippen molar-refractivity contribution in [1.29, 1.82) is 0 Å². The molecule has 2 aromatic rings. The summed E-state index contributed by atoms with van der Waals surface area (Å²) in [5.74, 6) is 0.454. The lowest BCUT2D eigenvalue weighted by atomic mass is 10.2. The van der Waals surface area contributed by atoms with Crippen LogP contribution in [0.1, 0.15) is 11.1 Å². The molecule has 0 heterocycles. The minimum Gasteiger partial charge on any atom is -0.489 e. The Kier molecular flexibility index (Phi) is 4.93. The van der Waals surface area contributed by atoms with Gasteiger partial charge >= 0.3 is 0 Å². The summed E-state index contributed by atoms with van der Waals surface area (Å²) >= 11 is 3.42. The predicted octanol–water partition coefficient (Wildman–Crippen LogP) is 3.89. The van der Waals surface area contributed by atoms with Crippen molar-refractivity contribution in [2.24, 2.45) is 0 Å². The van der Waals surface area contributed by atoms with Crippen LogP contribution in [0.5, 0.6) is 5.75 Å². The standard InChI is InChI=1S/C15H15BrFNO/c1-18-9-12-8-14(17)5-6-15(12)19-10-11-3-2-4-13(16)7-11/h2-8,18H,9-10H2,1H3. The highest BCUT2D eigenvalue weighted by Crippen LogP contribution is 2.21. The first-order chi connectivity index (χ1) is 9.19. The lowest BCUT2D eigenvalue weighted by Crippen LogP contribution is -2.08. The van der Waals surface area contributed by atoms with Crippen LogP contribution in [0.2, 0.25) is 0 Å². The number of benzene rings is 2. The second-order valence-electron chi connectivity index (χ2n) is 4.20. The van der Waals surface area contributed by atoms with E-state index < -0.39 is 0 Å². The first kappa shape index (κ1) is 14.0. The Hall–Kier alpha value is -1.39. The maximum Gasteiger partial charge on any atom is 0.124 e. The number of hydrogen-bond acceptors (Lipinski definition) is 2. The normalized spacial score (nSPS) is 10.5. The molecule has 0 aliphatic heterocycles. The maximum absolute atomic E-state index is 13.2. The van der Waals surface area contributed by atoms with E-state index in [1.165, 1.54) is 12.1 Å². The lowest BCUT2D eigenvalue weighted by molar-refractivity contribution is 0.301. The molecule has 4 heteroatoms. The molecule has 100 valence electrons. The summed E-state index contributed by atoms with van der Waals surface area (Å²) in [7, 11) is 1.82. The van der Waals surface area contributed by atoms with E-state index >= 15 is 0 Å². The highest BCUT2D eigenvalue weighted by atomic mass is 79.9. The van der Waals surface area contributed by atoms with Crippen LogP contribution in [0.15, 0.2) is 46.9 Å². The molecule has 0 saturated heterocycles. The second-order valence-corrected chi connectivity index (χ2v) is 5.12. The van der Waals surface area contributed by atoms with Crippen molar-refractivity contribution < 1.29 is 9.13 Å². The van der Waals surface area contributed by atoms with Gasteiger partial charge in [0, 0.05) is 16.6 Å². The molecule has 0 atom stereocenters. The van der Waals surface area contributed by atoms with Crippen LogP contribution in [-0.4, -0.2) is 7.05 Å². The van der Waals surface area contributed by atoms with E-state index in [2.05, 4.69) is 21.2 Å². The monoisotopic (exact) mass is 323 g/mol. The molecule has 0 fully saturated rings. The third kappa shape index (κ3) is 4.04. The Morgan fingerprint density at radius 3 is 2.79 bits per heavy atom. The number of nitrogens with one attached hydrogen (secondary N) is 1. The minimum atomic E-state index is -0.250. The Morgan fingerprint density at radius 2 is 2.05 bits per heavy atom. The van der Waals surface area contributed by atoms with Crippen molar-refractivity contribution >= 4 is 15.9 Å². The fourth-order valence-corrected chi connectivity index (χ4v) is 2.25. The topological polar surface area (TPSA) is 21.3 Å². The molecule has 2 aromatic carbocycles. The van der Waals surface area contributed by atoms with Gasteiger partial charge in [-0.15, -0.1) is 0 Å². The van der Waals surface area contributed by atoms with E-state index in [0.29, 0.717) is 18.9 Å². The smallest absolute Gasteiger partial charge is 0.124 e. The zero-order valence-electron chi connectivity index (χ0n) is 10.6. The first-order valence-corrected chi connectivity index (χ1v) is 6.78. The zero-order chi connectivity index (χ0) is 13.7. The maximum atomic E-state index is 13.2. The van der Waals surface area contributed by atoms with Crippen molar-refractivity contribution in [3.63, 3.8) is 0 Å². The van der Waals surface area contributed by atoms with E-state index in [1.807, 2.05) is 31.3 Å². The molecule has 2 nitrogen and oxygen atoms in total. The van der Waals surface area contributed by atoms with Gasteiger partial charge in [0.25, 0.3) is 0 Å². The summed E-state index contributed by atoms with van der Waals surface area (Å²) in [4.78, 5) is 0. The van der Waals surface area contributed by atoms with Crippen molar-refractivity contribution in [2.45, 2.75) is 13.2 Å². The van der Waals surface area contributed by atoms with Crippen LogP contribution in [-0.2, 0) is 13.2 Å². The summed E-state index contributed by atoms with van der Waals surface area (Å²) < 4.78 is 20.0. The highest BCUT2D eigenvalue weighted by molar-refractivity contribution is 9.10. The van der Waals surface area contributed by atoms with E-state index in [1.54, 1.807) is 6.07 Å². The third-order valence-electron chi connectivity index (χ3n) is 2.67. The summed E-state index contributed by atoms with van der Waals surface area (Å²) in [6.07, 6.45) is 0. The summed E-state index contributed by atoms with van der Waals surface area (Å²) in [5, 5.41) is 3.00. The van der Waals surface area contributed by atoms with Crippen LogP contribution in [0.3, 0.4) is 0 Å². The van der Waals surface area contributed by atoms with Gasteiger partial charge in [-0.3, -0.25) is 0 Å². The highest BCUT2D eigenvalue weighted by Gasteiger charge is 2.05. The molecule has 0 saturated carbocycles. The molecule has 0 aliphatic rings. The van der Waals surface area contributed by atoms with Crippen LogP contribution >= 0.6 is 15.9 Å². The van der Waals surface area contributed by atoms with Crippen LogP contribution in [0, 0.1) is 5.82 Å². The van der Waals surface area contributed by atoms with E-state index in [-0.39, 0.29) is 5.82 Å². The summed E-state index contributed by atoms with van der Waals surface area (Å²) in [5.41, 5.74) is 1.88. The molecule has 0 aliphatic carbocycles. The van der Waals surface area contributed by atoms with Gasteiger partial charge in [-0.1, -0.05) is 28.1 Å². The van der Waals surface area contributed by atoms with Crippen molar-refractivity contribution in [1.82, 2.24) is 5.32 Å². The number of rotatable bonds is 5. The fourth-order valence-electron chi connectivity index (χ4n) is 1.81. The Balaban J connectivity index is 2.10. The summed E-state index contributed by atoms with van der Waals surface area (Å²) in [6, 6.07) is 12.5. The molecule has 0 radical (unpaired) electrons. The zero-order valence-corrected chi connectivity index (χ0v) is 12.2. The third-order valence-corrected chi connectivity index (χ3v) is 3.17. The number of hydrogen-bond donors (Lipinski definition) is 1. The molecule has 0 amide bonds. The molecule has 1 N–H and O–H groups in total. The Labute approximate surface area is 120 Å². The van der Waals surface area contributed by atoms with Gasteiger partial charge in [0.2, 0.25) is 0 Å². The van der Waals surface area contributed by atoms with Gasteiger partial charge in [-0.2, -0.15) is 0 Å². The van der Waals surface area contributed by atoms with Gasteiger partial charge in [0.1, 0.15) is 18.2 Å². The average Bonchev–Trinajstić information content (AvgIpc) is 2.38. The van der Waals surface area contributed by atoms with Crippen molar-refractivity contribution in [3.05, 3.63) is 63.9 Å². The van der Waals surface area contributed by atoms with E-state index in [9.17, 15) is 4.39 Å². The van der Waals surface area contributed by atoms with Crippen LogP contribution in [0.25, 0.3) is 0 Å². The van der Waals surface area contributed by atoms with Gasteiger partial charge in [0.15, 0.2) is 0 Å². The molecule has 0 aromatic heterocycles. The average molecular weight is 324 g/mol. The van der Waals surface area contributed by atoms with Gasteiger partial charge in [-0.05, 0) is 42.9 Å². The first-order valence-electron chi connectivity index (χ1n) is 5.99. The lowest BCUT2D eigenvalue weighted by Gasteiger charge is -2.11. The van der Waals surface area contributed by atoms with E-state index in [4.69, 9.17) is 4.74 Å². The quantitative estimate of drug-likeness (QED) is 0.901. The molecule has 0 bridgehead atoms. The van der Waals surface area contributed by atoms with Gasteiger partial charge in [0.05, 0.1) is 0 Å². The fraction of sp³-hybridized carbons (Fsp3) is 0.200. The molecule has 19 heavy (non-hydrogen) atoms. The largest absolute Gasteiger partial charge is 0.489 e.